The number of carbonyl (C=O) groups is 1. The molecular formula is C19H28Cl2O. The Bertz CT molecular complexity index is 457. The zero-order valence-corrected chi connectivity index (χ0v) is 15.3. The molecule has 0 fully saturated rings. The molecule has 0 heterocycles. The van der Waals surface area contributed by atoms with Crippen LogP contribution >= 0.6 is 23.2 Å². The minimum Gasteiger partial charge on any atom is -0.294 e. The Morgan fingerprint density at radius 1 is 1.00 bits per heavy atom. The second-order valence-electron chi connectivity index (χ2n) is 6.15. The molecule has 1 aromatic carbocycles. The van der Waals surface area contributed by atoms with E-state index in [9.17, 15) is 4.79 Å². The summed E-state index contributed by atoms with van der Waals surface area (Å²) in [6, 6.07) is 5.10. The quantitative estimate of drug-likeness (QED) is 0.303. The van der Waals surface area contributed by atoms with Gasteiger partial charge in [-0.3, -0.25) is 4.79 Å². The molecule has 0 saturated heterocycles. The van der Waals surface area contributed by atoms with Crippen molar-refractivity contribution in [2.24, 2.45) is 5.92 Å². The van der Waals surface area contributed by atoms with Crippen LogP contribution in [0.4, 0.5) is 0 Å². The van der Waals surface area contributed by atoms with Crippen molar-refractivity contribution in [2.45, 2.75) is 71.6 Å². The highest BCUT2D eigenvalue weighted by atomic mass is 35.5. The van der Waals surface area contributed by atoms with Gasteiger partial charge in [-0.15, -0.1) is 0 Å². The van der Waals surface area contributed by atoms with Gasteiger partial charge in [-0.25, -0.2) is 0 Å². The van der Waals surface area contributed by atoms with Gasteiger partial charge in [-0.05, 0) is 24.6 Å². The molecule has 0 radical (unpaired) electrons. The zero-order chi connectivity index (χ0) is 16.4. The number of rotatable bonds is 11. The second kappa shape index (κ2) is 11.1. The van der Waals surface area contributed by atoms with E-state index in [4.69, 9.17) is 23.2 Å². The first-order valence-electron chi connectivity index (χ1n) is 8.55. The molecule has 1 atom stereocenters. The van der Waals surface area contributed by atoms with Crippen molar-refractivity contribution in [3.63, 3.8) is 0 Å². The van der Waals surface area contributed by atoms with Gasteiger partial charge < -0.3 is 0 Å². The van der Waals surface area contributed by atoms with E-state index in [-0.39, 0.29) is 11.7 Å². The minimum atomic E-state index is 0.0266. The third-order valence-corrected chi connectivity index (χ3v) is 4.68. The Labute approximate surface area is 145 Å². The maximum atomic E-state index is 12.4. The van der Waals surface area contributed by atoms with Crippen LogP contribution in [0.1, 0.15) is 82.0 Å². The van der Waals surface area contributed by atoms with E-state index < -0.39 is 0 Å². The van der Waals surface area contributed by atoms with Crippen LogP contribution in [0.2, 0.25) is 10.0 Å². The molecule has 1 unspecified atom stereocenters. The summed E-state index contributed by atoms with van der Waals surface area (Å²) < 4.78 is 0. The molecule has 1 nitrogen and oxygen atoms in total. The number of benzene rings is 1. The highest BCUT2D eigenvalue weighted by Crippen LogP contribution is 2.25. The van der Waals surface area contributed by atoms with Gasteiger partial charge in [0.2, 0.25) is 0 Å². The van der Waals surface area contributed by atoms with Crippen LogP contribution < -0.4 is 0 Å². The van der Waals surface area contributed by atoms with E-state index in [0.29, 0.717) is 15.6 Å². The van der Waals surface area contributed by atoms with Gasteiger partial charge in [-0.1, -0.05) is 88.4 Å². The first-order valence-corrected chi connectivity index (χ1v) is 9.31. The molecule has 124 valence electrons. The van der Waals surface area contributed by atoms with Gasteiger partial charge >= 0.3 is 0 Å². The van der Waals surface area contributed by atoms with Crippen molar-refractivity contribution < 1.29 is 4.79 Å². The first kappa shape index (κ1) is 19.5. The maximum Gasteiger partial charge on any atom is 0.167 e. The Morgan fingerprint density at radius 2 is 1.59 bits per heavy atom. The van der Waals surface area contributed by atoms with Crippen molar-refractivity contribution in [1.29, 1.82) is 0 Å². The molecule has 0 aliphatic heterocycles. The van der Waals surface area contributed by atoms with Gasteiger partial charge in [0, 0.05) is 16.5 Å². The van der Waals surface area contributed by atoms with Gasteiger partial charge in [0.25, 0.3) is 0 Å². The number of unbranched alkanes of at least 4 members (excludes halogenated alkanes) is 7. The number of Topliss-reactive ketones (excluding diaryl/α,β-unsaturated/α-hetero) is 1. The largest absolute Gasteiger partial charge is 0.294 e. The van der Waals surface area contributed by atoms with Gasteiger partial charge in [0.1, 0.15) is 0 Å². The number of carbonyl (C=O) groups excluding carboxylic acids is 1. The lowest BCUT2D eigenvalue weighted by molar-refractivity contribution is 0.0922. The molecule has 0 bridgehead atoms. The second-order valence-corrected chi connectivity index (χ2v) is 7.00. The third-order valence-electron chi connectivity index (χ3n) is 4.13. The lowest BCUT2D eigenvalue weighted by Crippen LogP contribution is -2.11. The van der Waals surface area contributed by atoms with Crippen molar-refractivity contribution in [2.75, 3.05) is 0 Å². The molecule has 0 aromatic heterocycles. The summed E-state index contributed by atoms with van der Waals surface area (Å²) in [6.07, 6.45) is 11.2. The highest BCUT2D eigenvalue weighted by Gasteiger charge is 2.17. The van der Waals surface area contributed by atoms with E-state index >= 15 is 0 Å². The normalized spacial score (nSPS) is 12.4. The zero-order valence-electron chi connectivity index (χ0n) is 13.8. The number of hydrogen-bond donors (Lipinski definition) is 0. The summed E-state index contributed by atoms with van der Waals surface area (Å²) in [5.74, 6) is 0.156. The van der Waals surface area contributed by atoms with Crippen LogP contribution in [0.25, 0.3) is 0 Å². The smallest absolute Gasteiger partial charge is 0.167 e. The van der Waals surface area contributed by atoms with Crippen LogP contribution in [0.15, 0.2) is 18.2 Å². The van der Waals surface area contributed by atoms with Crippen LogP contribution in [0.5, 0.6) is 0 Å². The SMILES string of the molecule is CCCCCCCCCCC(C)C(=O)c1ccc(Cl)cc1Cl. The predicted octanol–water partition coefficient (Wildman–Crippen LogP) is 7.34. The molecular weight excluding hydrogens is 315 g/mol. The number of halogens is 2. The molecule has 1 aromatic rings. The molecule has 22 heavy (non-hydrogen) atoms. The van der Waals surface area contributed by atoms with Crippen LogP contribution in [0, 0.1) is 5.92 Å². The Morgan fingerprint density at radius 3 is 2.18 bits per heavy atom. The lowest BCUT2D eigenvalue weighted by atomic mass is 9.93. The van der Waals surface area contributed by atoms with Crippen molar-refractivity contribution >= 4 is 29.0 Å². The highest BCUT2D eigenvalue weighted by molar-refractivity contribution is 6.36. The van der Waals surface area contributed by atoms with E-state index in [0.717, 1.165) is 12.8 Å². The van der Waals surface area contributed by atoms with Gasteiger partial charge in [-0.2, -0.15) is 0 Å². The molecule has 0 aliphatic carbocycles. The van der Waals surface area contributed by atoms with E-state index in [1.54, 1.807) is 18.2 Å². The van der Waals surface area contributed by atoms with Crippen LogP contribution in [-0.2, 0) is 0 Å². The Balaban J connectivity index is 2.24. The maximum absolute atomic E-state index is 12.4. The summed E-state index contributed by atoms with van der Waals surface area (Å²) in [5, 5.41) is 1.03. The van der Waals surface area contributed by atoms with Gasteiger partial charge in [0.15, 0.2) is 5.78 Å². The molecule has 0 amide bonds. The number of hydrogen-bond acceptors (Lipinski definition) is 1. The Kier molecular flexibility index (Phi) is 9.82. The van der Waals surface area contributed by atoms with Crippen molar-refractivity contribution in [3.8, 4) is 0 Å². The Hall–Kier alpha value is -0.530. The van der Waals surface area contributed by atoms with Crippen molar-refractivity contribution in [1.82, 2.24) is 0 Å². The van der Waals surface area contributed by atoms with Crippen molar-refractivity contribution in [3.05, 3.63) is 33.8 Å². The minimum absolute atomic E-state index is 0.0266. The molecule has 3 heteroatoms. The first-order chi connectivity index (χ1) is 10.6. The molecule has 0 N–H and O–H groups in total. The monoisotopic (exact) mass is 342 g/mol. The molecule has 0 spiro atoms. The molecule has 0 aliphatic rings. The fraction of sp³-hybridized carbons (Fsp3) is 0.632. The fourth-order valence-corrected chi connectivity index (χ4v) is 3.17. The standard InChI is InChI=1S/C19H28Cl2O/c1-3-4-5-6-7-8-9-10-11-15(2)19(22)17-13-12-16(20)14-18(17)21/h12-15H,3-11H2,1-2H3. The molecule has 0 saturated carbocycles. The summed E-state index contributed by atoms with van der Waals surface area (Å²) in [7, 11) is 0. The summed E-state index contributed by atoms with van der Waals surface area (Å²) >= 11 is 12.0. The average molecular weight is 343 g/mol. The summed E-state index contributed by atoms with van der Waals surface area (Å²) in [5.41, 5.74) is 0.595. The molecule has 1 rings (SSSR count). The van der Waals surface area contributed by atoms with E-state index in [2.05, 4.69) is 6.92 Å². The predicted molar refractivity (Wildman–Crippen MR) is 97.2 cm³/mol. The van der Waals surface area contributed by atoms with Crippen LogP contribution in [0.3, 0.4) is 0 Å². The summed E-state index contributed by atoms with van der Waals surface area (Å²) in [4.78, 5) is 12.4. The lowest BCUT2D eigenvalue weighted by Gasteiger charge is -2.11. The summed E-state index contributed by atoms with van der Waals surface area (Å²) in [6.45, 7) is 4.24. The third kappa shape index (κ3) is 7.15. The average Bonchev–Trinajstić information content (AvgIpc) is 2.49. The van der Waals surface area contributed by atoms with E-state index in [1.807, 2.05) is 6.92 Å². The van der Waals surface area contributed by atoms with Crippen LogP contribution in [-0.4, -0.2) is 5.78 Å². The number of ketones is 1. The fourth-order valence-electron chi connectivity index (χ4n) is 2.67. The topological polar surface area (TPSA) is 17.1 Å². The van der Waals surface area contributed by atoms with E-state index in [1.165, 1.54) is 44.9 Å². The van der Waals surface area contributed by atoms with Gasteiger partial charge in [0.05, 0.1) is 5.02 Å².